The summed E-state index contributed by atoms with van der Waals surface area (Å²) in [7, 11) is 0. The van der Waals surface area contributed by atoms with E-state index < -0.39 is 0 Å². The normalized spacial score (nSPS) is 23.1. The van der Waals surface area contributed by atoms with E-state index in [4.69, 9.17) is 0 Å². The van der Waals surface area contributed by atoms with Crippen molar-refractivity contribution in [3.63, 3.8) is 0 Å². The van der Waals surface area contributed by atoms with Crippen LogP contribution < -0.4 is 4.90 Å². The van der Waals surface area contributed by atoms with Crippen LogP contribution in [0.5, 0.6) is 0 Å². The van der Waals surface area contributed by atoms with Gasteiger partial charge in [0, 0.05) is 23.6 Å². The molecule has 1 fully saturated rings. The van der Waals surface area contributed by atoms with Crippen LogP contribution >= 0.6 is 15.9 Å². The molecule has 0 N–H and O–H groups in total. The van der Waals surface area contributed by atoms with Gasteiger partial charge in [-0.05, 0) is 31.4 Å². The predicted molar refractivity (Wildman–Crippen MR) is 65.4 cm³/mol. The van der Waals surface area contributed by atoms with E-state index in [9.17, 15) is 0 Å². The number of rotatable bonds is 3. The van der Waals surface area contributed by atoms with Crippen molar-refractivity contribution in [2.75, 3.05) is 11.4 Å². The van der Waals surface area contributed by atoms with Gasteiger partial charge in [-0.3, -0.25) is 0 Å². The minimum Gasteiger partial charge on any atom is -0.352 e. The number of halogens is 1. The Morgan fingerprint density at radius 2 is 2.53 bits per heavy atom. The van der Waals surface area contributed by atoms with Gasteiger partial charge in [0.15, 0.2) is 5.82 Å². The first kappa shape index (κ1) is 10.9. The van der Waals surface area contributed by atoms with Gasteiger partial charge in [-0.25, -0.2) is 0 Å². The standard InChI is InChI=1S/C11H16BrN3/c1-9(12)8-10-4-3-7-15(10)11-5-2-6-13-14-11/h2,5-6,9-10H,3-4,7-8H2,1H3. The van der Waals surface area contributed by atoms with E-state index in [1.807, 2.05) is 12.1 Å². The molecule has 15 heavy (non-hydrogen) atoms. The highest BCUT2D eigenvalue weighted by molar-refractivity contribution is 9.09. The van der Waals surface area contributed by atoms with Crippen LogP contribution in [0.4, 0.5) is 5.82 Å². The van der Waals surface area contributed by atoms with Gasteiger partial charge in [0.25, 0.3) is 0 Å². The van der Waals surface area contributed by atoms with Gasteiger partial charge in [0.1, 0.15) is 0 Å². The van der Waals surface area contributed by atoms with Gasteiger partial charge in [-0.15, -0.1) is 5.10 Å². The molecule has 2 heterocycles. The van der Waals surface area contributed by atoms with Crippen molar-refractivity contribution in [3.05, 3.63) is 18.3 Å². The Balaban J connectivity index is 2.08. The minimum atomic E-state index is 0.569. The Kier molecular flexibility index (Phi) is 3.57. The molecule has 0 radical (unpaired) electrons. The Morgan fingerprint density at radius 3 is 3.20 bits per heavy atom. The zero-order valence-corrected chi connectivity index (χ0v) is 10.5. The Labute approximate surface area is 99.0 Å². The van der Waals surface area contributed by atoms with Gasteiger partial charge in [0.05, 0.1) is 0 Å². The van der Waals surface area contributed by atoms with Gasteiger partial charge < -0.3 is 4.90 Å². The molecular formula is C11H16BrN3. The average molecular weight is 270 g/mol. The highest BCUT2D eigenvalue weighted by Gasteiger charge is 2.26. The second-order valence-electron chi connectivity index (χ2n) is 4.09. The molecular weight excluding hydrogens is 254 g/mol. The van der Waals surface area contributed by atoms with Gasteiger partial charge in [-0.1, -0.05) is 22.9 Å². The molecule has 2 atom stereocenters. The lowest BCUT2D eigenvalue weighted by Crippen LogP contribution is -2.31. The molecule has 1 aromatic rings. The molecule has 0 saturated carbocycles. The van der Waals surface area contributed by atoms with Crippen molar-refractivity contribution < 1.29 is 0 Å². The summed E-state index contributed by atoms with van der Waals surface area (Å²) in [5.41, 5.74) is 0. The van der Waals surface area contributed by atoms with Crippen molar-refractivity contribution in [3.8, 4) is 0 Å². The first-order chi connectivity index (χ1) is 7.27. The third kappa shape index (κ3) is 2.68. The van der Waals surface area contributed by atoms with Gasteiger partial charge in [0.2, 0.25) is 0 Å². The van der Waals surface area contributed by atoms with Crippen molar-refractivity contribution >= 4 is 21.7 Å². The Hall–Kier alpha value is -0.640. The fourth-order valence-electron chi connectivity index (χ4n) is 2.20. The van der Waals surface area contributed by atoms with Crippen LogP contribution in [0.2, 0.25) is 0 Å². The summed E-state index contributed by atoms with van der Waals surface area (Å²) in [5.74, 6) is 1.02. The van der Waals surface area contributed by atoms with E-state index in [1.165, 1.54) is 19.3 Å². The predicted octanol–water partition coefficient (Wildman–Crippen LogP) is 2.62. The molecule has 2 unspecified atom stereocenters. The number of anilines is 1. The summed E-state index contributed by atoms with van der Waals surface area (Å²) >= 11 is 3.62. The maximum Gasteiger partial charge on any atom is 0.151 e. The number of hydrogen-bond donors (Lipinski definition) is 0. The summed E-state index contributed by atoms with van der Waals surface area (Å²) in [6, 6.07) is 4.62. The molecule has 0 bridgehead atoms. The van der Waals surface area contributed by atoms with Crippen LogP contribution in [0.3, 0.4) is 0 Å². The van der Waals surface area contributed by atoms with Crippen molar-refractivity contribution in [2.24, 2.45) is 0 Å². The lowest BCUT2D eigenvalue weighted by molar-refractivity contribution is 0.606. The molecule has 1 saturated heterocycles. The quantitative estimate of drug-likeness (QED) is 0.790. The van der Waals surface area contributed by atoms with Gasteiger partial charge in [-0.2, -0.15) is 5.10 Å². The highest BCUT2D eigenvalue weighted by Crippen LogP contribution is 2.27. The molecule has 1 aromatic heterocycles. The van der Waals surface area contributed by atoms with E-state index in [2.05, 4.69) is 38.0 Å². The largest absolute Gasteiger partial charge is 0.352 e. The maximum atomic E-state index is 4.18. The molecule has 4 heteroatoms. The SMILES string of the molecule is CC(Br)CC1CCCN1c1cccnn1. The smallest absolute Gasteiger partial charge is 0.151 e. The molecule has 0 spiro atoms. The first-order valence-corrected chi connectivity index (χ1v) is 6.37. The molecule has 1 aliphatic rings. The van der Waals surface area contributed by atoms with Crippen molar-refractivity contribution in [1.82, 2.24) is 10.2 Å². The average Bonchev–Trinajstić information content (AvgIpc) is 2.66. The van der Waals surface area contributed by atoms with E-state index in [-0.39, 0.29) is 0 Å². The topological polar surface area (TPSA) is 29.0 Å². The lowest BCUT2D eigenvalue weighted by atomic mass is 10.1. The third-order valence-corrected chi connectivity index (χ3v) is 3.20. The van der Waals surface area contributed by atoms with Crippen molar-refractivity contribution in [1.29, 1.82) is 0 Å². The second kappa shape index (κ2) is 4.92. The Morgan fingerprint density at radius 1 is 1.67 bits per heavy atom. The lowest BCUT2D eigenvalue weighted by Gasteiger charge is -2.25. The number of alkyl halides is 1. The Bertz CT molecular complexity index is 302. The highest BCUT2D eigenvalue weighted by atomic mass is 79.9. The molecule has 0 amide bonds. The maximum absolute atomic E-state index is 4.18. The number of hydrogen-bond acceptors (Lipinski definition) is 3. The number of aromatic nitrogens is 2. The molecule has 82 valence electrons. The fraction of sp³-hybridized carbons (Fsp3) is 0.636. The fourth-order valence-corrected chi connectivity index (χ4v) is 2.64. The summed E-state index contributed by atoms with van der Waals surface area (Å²) in [6.45, 7) is 3.32. The van der Waals surface area contributed by atoms with Crippen LogP contribution in [0, 0.1) is 0 Å². The summed E-state index contributed by atoms with van der Waals surface area (Å²) < 4.78 is 0. The van der Waals surface area contributed by atoms with Crippen molar-refractivity contribution in [2.45, 2.75) is 37.1 Å². The molecule has 2 rings (SSSR count). The number of nitrogens with zero attached hydrogens (tertiary/aromatic N) is 3. The summed E-state index contributed by atoms with van der Waals surface area (Å²) in [6.07, 6.45) is 5.44. The monoisotopic (exact) mass is 269 g/mol. The van der Waals surface area contributed by atoms with E-state index in [0.717, 1.165) is 12.4 Å². The first-order valence-electron chi connectivity index (χ1n) is 5.46. The zero-order valence-electron chi connectivity index (χ0n) is 8.93. The van der Waals surface area contributed by atoms with Crippen LogP contribution in [0.15, 0.2) is 18.3 Å². The molecule has 0 aliphatic carbocycles. The minimum absolute atomic E-state index is 0.569. The third-order valence-electron chi connectivity index (χ3n) is 2.83. The molecule has 0 aromatic carbocycles. The zero-order chi connectivity index (χ0) is 10.7. The second-order valence-corrected chi connectivity index (χ2v) is 5.65. The van der Waals surface area contributed by atoms with E-state index in [0.29, 0.717) is 10.9 Å². The van der Waals surface area contributed by atoms with Crippen LogP contribution in [-0.2, 0) is 0 Å². The van der Waals surface area contributed by atoms with Crippen LogP contribution in [0.1, 0.15) is 26.2 Å². The van der Waals surface area contributed by atoms with Crippen LogP contribution in [0.25, 0.3) is 0 Å². The van der Waals surface area contributed by atoms with E-state index >= 15 is 0 Å². The van der Waals surface area contributed by atoms with E-state index in [1.54, 1.807) is 6.20 Å². The molecule has 1 aliphatic heterocycles. The van der Waals surface area contributed by atoms with Gasteiger partial charge >= 0.3 is 0 Å². The van der Waals surface area contributed by atoms with Crippen LogP contribution in [-0.4, -0.2) is 27.6 Å². The summed E-state index contributed by atoms with van der Waals surface area (Å²) in [4.78, 5) is 2.95. The molecule has 3 nitrogen and oxygen atoms in total. The summed E-state index contributed by atoms with van der Waals surface area (Å²) in [5, 5.41) is 8.12.